The molecule has 2 fully saturated rings. The van der Waals surface area contributed by atoms with Crippen molar-refractivity contribution in [3.05, 3.63) is 0 Å². The van der Waals surface area contributed by atoms with Gasteiger partial charge in [-0.05, 0) is 42.4 Å². The van der Waals surface area contributed by atoms with Crippen LogP contribution in [-0.4, -0.2) is 6.29 Å². The molecule has 2 aliphatic carbocycles. The monoisotopic (exact) mass is 208 g/mol. The van der Waals surface area contributed by atoms with Crippen LogP contribution in [0.1, 0.15) is 52.9 Å². The molecule has 2 rings (SSSR count). The van der Waals surface area contributed by atoms with E-state index in [1.165, 1.54) is 38.4 Å². The van der Waals surface area contributed by atoms with Crippen molar-refractivity contribution in [2.24, 2.45) is 29.1 Å². The Balaban J connectivity index is 2.20. The van der Waals surface area contributed by atoms with E-state index < -0.39 is 0 Å². The minimum absolute atomic E-state index is 0.269. The Bertz CT molecular complexity index is 248. The quantitative estimate of drug-likeness (QED) is 0.633. The van der Waals surface area contributed by atoms with E-state index >= 15 is 0 Å². The van der Waals surface area contributed by atoms with Crippen LogP contribution in [0, 0.1) is 29.1 Å². The topological polar surface area (TPSA) is 17.1 Å². The van der Waals surface area contributed by atoms with Crippen LogP contribution in [0.15, 0.2) is 0 Å². The highest BCUT2D eigenvalue weighted by atomic mass is 16.1. The lowest BCUT2D eigenvalue weighted by atomic mass is 9.60. The predicted octanol–water partition coefficient (Wildman–Crippen LogP) is 3.67. The molecule has 0 N–H and O–H groups in total. The molecule has 1 unspecified atom stereocenters. The summed E-state index contributed by atoms with van der Waals surface area (Å²) in [6, 6.07) is 0. The highest BCUT2D eigenvalue weighted by molar-refractivity contribution is 5.53. The lowest BCUT2D eigenvalue weighted by Gasteiger charge is -2.45. The molecule has 1 nitrogen and oxygen atoms in total. The summed E-state index contributed by atoms with van der Waals surface area (Å²) in [5, 5.41) is 0. The summed E-state index contributed by atoms with van der Waals surface area (Å²) in [6.07, 6.45) is 7.95. The summed E-state index contributed by atoms with van der Waals surface area (Å²) in [5.74, 6) is 2.69. The molecule has 86 valence electrons. The molecule has 15 heavy (non-hydrogen) atoms. The second kappa shape index (κ2) is 3.92. The molecule has 5 atom stereocenters. The van der Waals surface area contributed by atoms with Crippen LogP contribution in [-0.2, 0) is 4.79 Å². The molecule has 0 aromatic carbocycles. The molecule has 0 saturated heterocycles. The zero-order valence-corrected chi connectivity index (χ0v) is 10.3. The number of hydrogen-bond acceptors (Lipinski definition) is 1. The van der Waals surface area contributed by atoms with Gasteiger partial charge in [-0.25, -0.2) is 0 Å². The average molecular weight is 208 g/mol. The van der Waals surface area contributed by atoms with Gasteiger partial charge in [0.05, 0.1) is 0 Å². The maximum absolute atomic E-state index is 11.0. The summed E-state index contributed by atoms with van der Waals surface area (Å²) in [5.41, 5.74) is 0.470. The predicted molar refractivity (Wildman–Crippen MR) is 62.6 cm³/mol. The molecule has 0 aliphatic heterocycles. The van der Waals surface area contributed by atoms with Gasteiger partial charge in [0.15, 0.2) is 0 Å². The second-order valence-corrected chi connectivity index (χ2v) is 6.16. The highest BCUT2D eigenvalue weighted by Gasteiger charge is 2.51. The van der Waals surface area contributed by atoms with Crippen LogP contribution >= 0.6 is 0 Å². The first kappa shape index (κ1) is 11.2. The van der Waals surface area contributed by atoms with E-state index in [9.17, 15) is 4.79 Å². The number of carbonyl (C=O) groups excluding carboxylic acids is 1. The van der Waals surface area contributed by atoms with Gasteiger partial charge in [0, 0.05) is 5.92 Å². The molecule has 2 saturated carbocycles. The highest BCUT2D eigenvalue weighted by Crippen LogP contribution is 2.59. The fourth-order valence-corrected chi connectivity index (χ4v) is 4.56. The van der Waals surface area contributed by atoms with E-state index in [1.807, 2.05) is 0 Å². The lowest BCUT2D eigenvalue weighted by molar-refractivity contribution is -0.114. The zero-order chi connectivity index (χ0) is 11.1. The summed E-state index contributed by atoms with van der Waals surface area (Å²) in [4.78, 5) is 11.0. The second-order valence-electron chi connectivity index (χ2n) is 6.16. The SMILES string of the molecule is CC(C=O)[C@H]1CC[C@H]2[C@@H](C)CCC[C@]12C. The molecule has 1 heteroatoms. The van der Waals surface area contributed by atoms with Gasteiger partial charge >= 0.3 is 0 Å². The van der Waals surface area contributed by atoms with Gasteiger partial charge in [0.2, 0.25) is 0 Å². The Morgan fingerprint density at radius 3 is 2.73 bits per heavy atom. The van der Waals surface area contributed by atoms with Crippen molar-refractivity contribution in [3.63, 3.8) is 0 Å². The van der Waals surface area contributed by atoms with Crippen molar-refractivity contribution in [1.82, 2.24) is 0 Å². The fraction of sp³-hybridized carbons (Fsp3) is 0.929. The summed E-state index contributed by atoms with van der Waals surface area (Å²) >= 11 is 0. The third kappa shape index (κ3) is 1.64. The van der Waals surface area contributed by atoms with Crippen LogP contribution in [0.3, 0.4) is 0 Å². The van der Waals surface area contributed by atoms with E-state index in [0.29, 0.717) is 11.3 Å². The third-order valence-corrected chi connectivity index (χ3v) is 5.39. The summed E-state index contributed by atoms with van der Waals surface area (Å²) < 4.78 is 0. The Morgan fingerprint density at radius 1 is 1.33 bits per heavy atom. The van der Waals surface area contributed by atoms with Gasteiger partial charge in [0.25, 0.3) is 0 Å². The van der Waals surface area contributed by atoms with Gasteiger partial charge in [-0.15, -0.1) is 0 Å². The van der Waals surface area contributed by atoms with Crippen LogP contribution in [0.5, 0.6) is 0 Å². The Hall–Kier alpha value is -0.330. The van der Waals surface area contributed by atoms with E-state index in [0.717, 1.165) is 11.8 Å². The van der Waals surface area contributed by atoms with Gasteiger partial charge in [-0.1, -0.05) is 33.6 Å². The van der Waals surface area contributed by atoms with E-state index in [1.54, 1.807) is 0 Å². The van der Waals surface area contributed by atoms with Crippen LogP contribution < -0.4 is 0 Å². The van der Waals surface area contributed by atoms with Gasteiger partial charge in [0.1, 0.15) is 6.29 Å². The van der Waals surface area contributed by atoms with Crippen molar-refractivity contribution in [3.8, 4) is 0 Å². The molecule has 0 amide bonds. The first-order valence-corrected chi connectivity index (χ1v) is 6.55. The fourth-order valence-electron chi connectivity index (χ4n) is 4.56. The van der Waals surface area contributed by atoms with Crippen LogP contribution in [0.2, 0.25) is 0 Å². The first-order valence-electron chi connectivity index (χ1n) is 6.55. The smallest absolute Gasteiger partial charge is 0.123 e. The molecule has 0 aromatic rings. The molecule has 2 aliphatic rings. The van der Waals surface area contributed by atoms with E-state index in [2.05, 4.69) is 20.8 Å². The largest absolute Gasteiger partial charge is 0.303 e. The van der Waals surface area contributed by atoms with Crippen LogP contribution in [0.4, 0.5) is 0 Å². The molecule has 0 aromatic heterocycles. The average Bonchev–Trinajstić information content (AvgIpc) is 2.56. The molecule has 0 bridgehead atoms. The maximum atomic E-state index is 11.0. The number of hydrogen-bond donors (Lipinski definition) is 0. The molecular formula is C14H24O. The Labute approximate surface area is 93.6 Å². The zero-order valence-electron chi connectivity index (χ0n) is 10.3. The Kier molecular flexibility index (Phi) is 2.92. The number of fused-ring (bicyclic) bond motifs is 1. The molecule has 0 radical (unpaired) electrons. The summed E-state index contributed by atoms with van der Waals surface area (Å²) in [7, 11) is 0. The van der Waals surface area contributed by atoms with Crippen molar-refractivity contribution >= 4 is 6.29 Å². The summed E-state index contributed by atoms with van der Waals surface area (Å²) in [6.45, 7) is 6.98. The Morgan fingerprint density at radius 2 is 2.07 bits per heavy atom. The lowest BCUT2D eigenvalue weighted by Crippen LogP contribution is -2.38. The minimum Gasteiger partial charge on any atom is -0.303 e. The van der Waals surface area contributed by atoms with Crippen molar-refractivity contribution < 1.29 is 4.79 Å². The van der Waals surface area contributed by atoms with E-state index in [-0.39, 0.29) is 5.92 Å². The van der Waals surface area contributed by atoms with Gasteiger partial charge < -0.3 is 4.79 Å². The normalized spacial score (nSPS) is 47.3. The van der Waals surface area contributed by atoms with E-state index in [4.69, 9.17) is 0 Å². The standard InChI is InChI=1S/C14H24O/c1-10-5-4-8-14(3)12(10)6-7-13(14)11(2)9-15/h9-13H,4-8H2,1-3H3/t10-,11?,12-,13+,14-/m0/s1. The molecule has 0 heterocycles. The van der Waals surface area contributed by atoms with Crippen LogP contribution in [0.25, 0.3) is 0 Å². The molecular weight excluding hydrogens is 184 g/mol. The number of carbonyl (C=O) groups is 1. The van der Waals surface area contributed by atoms with Crippen molar-refractivity contribution in [2.45, 2.75) is 52.9 Å². The van der Waals surface area contributed by atoms with Crippen molar-refractivity contribution in [2.75, 3.05) is 0 Å². The first-order chi connectivity index (χ1) is 7.09. The molecule has 0 spiro atoms. The van der Waals surface area contributed by atoms with Gasteiger partial charge in [-0.3, -0.25) is 0 Å². The number of rotatable bonds is 2. The minimum atomic E-state index is 0.269. The van der Waals surface area contributed by atoms with Crippen molar-refractivity contribution in [1.29, 1.82) is 0 Å². The third-order valence-electron chi connectivity index (χ3n) is 5.39. The van der Waals surface area contributed by atoms with Gasteiger partial charge in [-0.2, -0.15) is 0 Å². The maximum Gasteiger partial charge on any atom is 0.123 e. The number of aldehydes is 1.